The molecule has 1 aromatic heterocycles. The van der Waals surface area contributed by atoms with Gasteiger partial charge in [0.05, 0.1) is 12.1 Å². The lowest BCUT2D eigenvalue weighted by Gasteiger charge is -2.23. The van der Waals surface area contributed by atoms with E-state index in [1.165, 1.54) is 5.56 Å². The predicted molar refractivity (Wildman–Crippen MR) is 116 cm³/mol. The molecule has 1 aliphatic rings. The molecule has 1 aliphatic heterocycles. The Hall–Kier alpha value is -2.41. The number of benzene rings is 1. The van der Waals surface area contributed by atoms with Gasteiger partial charge < -0.3 is 19.9 Å². The molecular formula is C22H34N6O. The van der Waals surface area contributed by atoms with Crippen LogP contribution in [-0.2, 0) is 24.1 Å². The maximum atomic E-state index is 5.83. The van der Waals surface area contributed by atoms with Crippen LogP contribution in [0.3, 0.4) is 0 Å². The van der Waals surface area contributed by atoms with Crippen molar-refractivity contribution in [3.05, 3.63) is 48.0 Å². The second-order valence-electron chi connectivity index (χ2n) is 7.52. The second-order valence-corrected chi connectivity index (χ2v) is 7.52. The molecule has 0 radical (unpaired) electrons. The fourth-order valence-electron chi connectivity index (χ4n) is 3.61. The van der Waals surface area contributed by atoms with Crippen molar-refractivity contribution < 1.29 is 4.74 Å². The number of aliphatic imine (C=N–C) groups is 1. The van der Waals surface area contributed by atoms with Gasteiger partial charge in [-0.1, -0.05) is 37.3 Å². The van der Waals surface area contributed by atoms with E-state index in [1.807, 2.05) is 0 Å². The molecule has 1 saturated heterocycles. The minimum absolute atomic E-state index is 0.235. The number of hydrogen-bond acceptors (Lipinski definition) is 4. The fraction of sp³-hybridized carbons (Fsp3) is 0.591. The van der Waals surface area contributed by atoms with Gasteiger partial charge in [-0.2, -0.15) is 0 Å². The molecule has 2 heterocycles. The van der Waals surface area contributed by atoms with Crippen LogP contribution < -0.4 is 10.6 Å². The van der Waals surface area contributed by atoms with E-state index in [0.29, 0.717) is 0 Å². The van der Waals surface area contributed by atoms with Gasteiger partial charge in [-0.25, -0.2) is 0 Å². The molecule has 158 valence electrons. The lowest BCUT2D eigenvalue weighted by molar-refractivity contribution is 0.0890. The third-order valence-electron chi connectivity index (χ3n) is 5.28. The van der Waals surface area contributed by atoms with Crippen LogP contribution in [0.25, 0.3) is 0 Å². The Balaban J connectivity index is 1.51. The summed E-state index contributed by atoms with van der Waals surface area (Å²) in [6.07, 6.45) is 7.25. The van der Waals surface area contributed by atoms with E-state index in [0.717, 1.165) is 70.1 Å². The quantitative estimate of drug-likeness (QED) is 0.365. The summed E-state index contributed by atoms with van der Waals surface area (Å²) in [6, 6.07) is 10.8. The maximum absolute atomic E-state index is 5.83. The molecule has 3 rings (SSSR count). The number of guanidine groups is 1. The Labute approximate surface area is 174 Å². The highest BCUT2D eigenvalue weighted by Crippen LogP contribution is 2.15. The summed E-state index contributed by atoms with van der Waals surface area (Å²) < 4.78 is 7.91. The smallest absolute Gasteiger partial charge is 0.191 e. The summed E-state index contributed by atoms with van der Waals surface area (Å²) in [7, 11) is 0. The standard InChI is InChI=1S/C22H34N6O/c1-3-21-27-25-17-28(21)15-14-24-22(26-18(2)20-12-8-16-29-20)23-13-7-11-19-9-5-4-6-10-19/h4-6,9-10,17-18,20H,3,7-8,11-16H2,1-2H3,(H2,23,24,26). The highest BCUT2D eigenvalue weighted by molar-refractivity contribution is 5.80. The number of aromatic nitrogens is 3. The van der Waals surface area contributed by atoms with Crippen molar-refractivity contribution in [2.24, 2.45) is 4.99 Å². The summed E-state index contributed by atoms with van der Waals surface area (Å²) in [4.78, 5) is 4.81. The van der Waals surface area contributed by atoms with Crippen LogP contribution >= 0.6 is 0 Å². The van der Waals surface area contributed by atoms with Crippen molar-refractivity contribution in [2.45, 2.75) is 64.6 Å². The van der Waals surface area contributed by atoms with Gasteiger partial charge in [-0.15, -0.1) is 10.2 Å². The minimum Gasteiger partial charge on any atom is -0.376 e. The average molecular weight is 399 g/mol. The monoisotopic (exact) mass is 398 g/mol. The number of rotatable bonds is 10. The van der Waals surface area contributed by atoms with Crippen molar-refractivity contribution >= 4 is 5.96 Å². The molecule has 0 saturated carbocycles. The average Bonchev–Trinajstić information content (AvgIpc) is 3.43. The van der Waals surface area contributed by atoms with Crippen LogP contribution in [-0.4, -0.2) is 52.6 Å². The van der Waals surface area contributed by atoms with Crippen molar-refractivity contribution in [3.8, 4) is 0 Å². The molecule has 0 aliphatic carbocycles. The molecule has 2 atom stereocenters. The molecule has 29 heavy (non-hydrogen) atoms. The van der Waals surface area contributed by atoms with Crippen molar-refractivity contribution in [1.29, 1.82) is 0 Å². The fourth-order valence-corrected chi connectivity index (χ4v) is 3.61. The summed E-state index contributed by atoms with van der Waals surface area (Å²) in [5.74, 6) is 1.86. The Kier molecular flexibility index (Phi) is 8.49. The van der Waals surface area contributed by atoms with Crippen LogP contribution in [0.2, 0.25) is 0 Å². The Morgan fingerprint density at radius 2 is 2.21 bits per heavy atom. The largest absolute Gasteiger partial charge is 0.376 e. The zero-order chi connectivity index (χ0) is 20.3. The molecule has 0 bridgehead atoms. The Bertz CT molecular complexity index is 739. The topological polar surface area (TPSA) is 76.4 Å². The lowest BCUT2D eigenvalue weighted by atomic mass is 10.1. The molecule has 7 heteroatoms. The van der Waals surface area contributed by atoms with Gasteiger partial charge >= 0.3 is 0 Å². The van der Waals surface area contributed by atoms with Crippen molar-refractivity contribution in [1.82, 2.24) is 25.4 Å². The van der Waals surface area contributed by atoms with Gasteiger partial charge in [0.1, 0.15) is 12.2 Å². The first kappa shape index (κ1) is 21.3. The van der Waals surface area contributed by atoms with Crippen molar-refractivity contribution in [3.63, 3.8) is 0 Å². The highest BCUT2D eigenvalue weighted by atomic mass is 16.5. The first-order valence-electron chi connectivity index (χ1n) is 10.8. The van der Waals surface area contributed by atoms with Gasteiger partial charge in [0.15, 0.2) is 5.96 Å². The molecule has 1 aromatic carbocycles. The first-order valence-corrected chi connectivity index (χ1v) is 10.8. The number of nitrogens with zero attached hydrogens (tertiary/aromatic N) is 4. The second kappa shape index (κ2) is 11.6. The third-order valence-corrected chi connectivity index (χ3v) is 5.28. The highest BCUT2D eigenvalue weighted by Gasteiger charge is 2.23. The normalized spacial score (nSPS) is 18.0. The van der Waals surface area contributed by atoms with Gasteiger partial charge in [-0.3, -0.25) is 4.99 Å². The van der Waals surface area contributed by atoms with Crippen LogP contribution in [0.1, 0.15) is 44.5 Å². The lowest BCUT2D eigenvalue weighted by Crippen LogP contribution is -2.47. The Morgan fingerprint density at radius 3 is 2.97 bits per heavy atom. The van der Waals surface area contributed by atoms with Crippen LogP contribution in [0.5, 0.6) is 0 Å². The van der Waals surface area contributed by atoms with E-state index in [9.17, 15) is 0 Å². The van der Waals surface area contributed by atoms with E-state index in [1.54, 1.807) is 6.33 Å². The van der Waals surface area contributed by atoms with Gasteiger partial charge in [0.2, 0.25) is 0 Å². The van der Waals surface area contributed by atoms with E-state index >= 15 is 0 Å². The molecule has 1 fully saturated rings. The first-order chi connectivity index (χ1) is 14.3. The molecule has 2 N–H and O–H groups in total. The van der Waals surface area contributed by atoms with E-state index in [-0.39, 0.29) is 12.1 Å². The van der Waals surface area contributed by atoms with E-state index < -0.39 is 0 Å². The zero-order valence-electron chi connectivity index (χ0n) is 17.7. The number of ether oxygens (including phenoxy) is 1. The van der Waals surface area contributed by atoms with Gasteiger partial charge in [0.25, 0.3) is 0 Å². The summed E-state index contributed by atoms with van der Waals surface area (Å²) in [5, 5.41) is 15.2. The molecule has 2 aromatic rings. The molecule has 0 amide bonds. The SMILES string of the molecule is CCc1nncn1CCNC(=NCCCc1ccccc1)NC(C)C1CCCO1. The maximum Gasteiger partial charge on any atom is 0.191 e. The summed E-state index contributed by atoms with van der Waals surface area (Å²) in [6.45, 7) is 7.50. The van der Waals surface area contributed by atoms with Crippen molar-refractivity contribution in [2.75, 3.05) is 19.7 Å². The third kappa shape index (κ3) is 6.85. The Morgan fingerprint density at radius 1 is 1.34 bits per heavy atom. The van der Waals surface area contributed by atoms with Crippen LogP contribution in [0.15, 0.2) is 41.7 Å². The summed E-state index contributed by atoms with van der Waals surface area (Å²) >= 11 is 0. The number of nitrogens with one attached hydrogen (secondary N) is 2. The number of aryl methyl sites for hydroxylation is 2. The van der Waals surface area contributed by atoms with Gasteiger partial charge in [-0.05, 0) is 38.2 Å². The summed E-state index contributed by atoms with van der Waals surface area (Å²) in [5.41, 5.74) is 1.36. The molecule has 2 unspecified atom stereocenters. The minimum atomic E-state index is 0.235. The zero-order valence-corrected chi connectivity index (χ0v) is 17.7. The van der Waals surface area contributed by atoms with Gasteiger partial charge in [0, 0.05) is 32.7 Å². The molecular weight excluding hydrogens is 364 g/mol. The number of hydrogen-bond donors (Lipinski definition) is 2. The van der Waals surface area contributed by atoms with Crippen LogP contribution in [0.4, 0.5) is 0 Å². The molecule has 0 spiro atoms. The van der Waals surface area contributed by atoms with E-state index in [2.05, 4.69) is 69.6 Å². The van der Waals surface area contributed by atoms with Crippen LogP contribution in [0, 0.1) is 0 Å². The predicted octanol–water partition coefficient (Wildman–Crippen LogP) is 2.58. The molecule has 7 nitrogen and oxygen atoms in total. The van der Waals surface area contributed by atoms with E-state index in [4.69, 9.17) is 9.73 Å².